The van der Waals surface area contributed by atoms with Gasteiger partial charge in [0, 0.05) is 0 Å². The van der Waals surface area contributed by atoms with Crippen LogP contribution < -0.4 is 66.1 Å². The van der Waals surface area contributed by atoms with Crippen LogP contribution in [0.5, 0.6) is 0 Å². The SMILES string of the molecule is O=P([O-])([O-])[O-].[K+].[Zr+4]. The standard InChI is InChI=1S/K.H3O4P.Zr/c;1-5(2,3)4;/h;(H3,1,2,3,4);/q+1;;+4/p-3. The van der Waals surface area contributed by atoms with Crippen molar-refractivity contribution in [3.63, 3.8) is 0 Å². The summed E-state index contributed by atoms with van der Waals surface area (Å²) in [5, 5.41) is 0. The van der Waals surface area contributed by atoms with Crippen molar-refractivity contribution < 1.29 is 96.8 Å². The van der Waals surface area contributed by atoms with Crippen LogP contribution in [0.25, 0.3) is 0 Å². The van der Waals surface area contributed by atoms with Gasteiger partial charge in [-0.15, -0.1) is 0 Å². The van der Waals surface area contributed by atoms with Gasteiger partial charge in [0.05, 0.1) is 0 Å². The van der Waals surface area contributed by atoms with Crippen LogP contribution >= 0.6 is 7.82 Å². The predicted molar refractivity (Wildman–Crippen MR) is 7.61 cm³/mol. The van der Waals surface area contributed by atoms with Crippen molar-refractivity contribution in [2.75, 3.05) is 0 Å². The topological polar surface area (TPSA) is 86.2 Å². The molecule has 0 saturated heterocycles. The first-order valence-electron chi connectivity index (χ1n) is 0.730. The molecular formula is KO4PZr+2. The van der Waals surface area contributed by atoms with Crippen LogP contribution in [0, 0.1) is 0 Å². The van der Waals surface area contributed by atoms with Crippen LogP contribution in [0.1, 0.15) is 0 Å². The fourth-order valence-corrected chi connectivity index (χ4v) is 0. The Kier molecular flexibility index (Phi) is 15.7. The molecule has 0 radical (unpaired) electrons. The first-order chi connectivity index (χ1) is 2.00. The summed E-state index contributed by atoms with van der Waals surface area (Å²) in [5.74, 6) is 0. The molecule has 0 heterocycles. The third-order valence-corrected chi connectivity index (χ3v) is 0. The molecule has 7 heteroatoms. The van der Waals surface area contributed by atoms with Crippen LogP contribution in [0.15, 0.2) is 0 Å². The summed E-state index contributed by atoms with van der Waals surface area (Å²) in [5.41, 5.74) is 0. The first kappa shape index (κ1) is 16.3. The zero-order chi connectivity index (χ0) is 4.50. The zero-order valence-corrected chi connectivity index (χ0v) is 10.1. The molecule has 0 aliphatic rings. The minimum absolute atomic E-state index is 0. The van der Waals surface area contributed by atoms with E-state index < -0.39 is 7.82 Å². The number of phosphoric acid groups is 1. The normalized spacial score (nSPS) is 8.43. The second-order valence-corrected chi connectivity index (χ2v) is 1.34. The Labute approximate surface area is 102 Å². The Morgan fingerprint density at radius 2 is 1.14 bits per heavy atom. The van der Waals surface area contributed by atoms with Gasteiger partial charge in [-0.3, -0.25) is 0 Å². The maximum atomic E-state index is 8.55. The summed E-state index contributed by atoms with van der Waals surface area (Å²) in [6.07, 6.45) is 0. The Hall–Kier alpha value is 2.63. The van der Waals surface area contributed by atoms with Crippen molar-refractivity contribution in [3.05, 3.63) is 0 Å². The average Bonchev–Trinajstić information content (AvgIpc) is 0.722. The van der Waals surface area contributed by atoms with Crippen LogP contribution in [0.3, 0.4) is 0 Å². The van der Waals surface area contributed by atoms with Crippen LogP contribution in [0.2, 0.25) is 0 Å². The average molecular weight is 225 g/mol. The summed E-state index contributed by atoms with van der Waals surface area (Å²) in [7, 11) is -5.39. The second kappa shape index (κ2) is 6.75. The molecule has 0 aliphatic heterocycles. The van der Waals surface area contributed by atoms with Gasteiger partial charge in [0.25, 0.3) is 0 Å². The monoisotopic (exact) mass is 224 g/mol. The van der Waals surface area contributed by atoms with Gasteiger partial charge in [0.2, 0.25) is 0 Å². The molecule has 0 rings (SSSR count). The second-order valence-electron chi connectivity index (χ2n) is 0.447. The molecule has 0 atom stereocenters. The summed E-state index contributed by atoms with van der Waals surface area (Å²) in [6, 6.07) is 0. The molecule has 0 fully saturated rings. The Morgan fingerprint density at radius 1 is 1.14 bits per heavy atom. The number of rotatable bonds is 0. The molecule has 0 N–H and O–H groups in total. The molecular weight excluding hydrogens is 225 g/mol. The summed E-state index contributed by atoms with van der Waals surface area (Å²) >= 11 is 0. The predicted octanol–water partition coefficient (Wildman–Crippen LogP) is -5.82. The molecule has 0 bridgehead atoms. The van der Waals surface area contributed by atoms with Gasteiger partial charge in [-0.2, -0.15) is 7.82 Å². The van der Waals surface area contributed by atoms with Crippen molar-refractivity contribution in [2.45, 2.75) is 0 Å². The van der Waals surface area contributed by atoms with Gasteiger partial charge in [-0.1, -0.05) is 0 Å². The molecule has 0 unspecified atom stereocenters. The summed E-state index contributed by atoms with van der Waals surface area (Å²) in [6.45, 7) is 0. The van der Waals surface area contributed by atoms with E-state index in [1.165, 1.54) is 0 Å². The summed E-state index contributed by atoms with van der Waals surface area (Å²) < 4.78 is 8.55. The van der Waals surface area contributed by atoms with Crippen LogP contribution in [-0.2, 0) is 30.8 Å². The largest absolute Gasteiger partial charge is 4.00 e. The molecule has 0 saturated carbocycles. The molecule has 32 valence electrons. The van der Waals surface area contributed by atoms with Gasteiger partial charge in [-0.05, 0) is 0 Å². The van der Waals surface area contributed by atoms with E-state index in [4.69, 9.17) is 19.2 Å². The van der Waals surface area contributed by atoms with E-state index in [1.807, 2.05) is 0 Å². The van der Waals surface area contributed by atoms with E-state index in [0.29, 0.717) is 0 Å². The Bertz CT molecular complexity index is 57.8. The van der Waals surface area contributed by atoms with Gasteiger partial charge < -0.3 is 19.2 Å². The molecule has 0 amide bonds. The van der Waals surface area contributed by atoms with Crippen molar-refractivity contribution in [1.82, 2.24) is 0 Å². The molecule has 0 spiro atoms. The minimum atomic E-state index is -5.39. The minimum Gasteiger partial charge on any atom is -0.822 e. The van der Waals surface area contributed by atoms with Gasteiger partial charge in [0.1, 0.15) is 0 Å². The third kappa shape index (κ3) is 54.9. The van der Waals surface area contributed by atoms with Crippen LogP contribution in [0.4, 0.5) is 0 Å². The van der Waals surface area contributed by atoms with E-state index in [1.54, 1.807) is 0 Å². The smallest absolute Gasteiger partial charge is 0.822 e. The van der Waals surface area contributed by atoms with E-state index >= 15 is 0 Å². The number of hydrogen-bond acceptors (Lipinski definition) is 4. The fraction of sp³-hybridized carbons (Fsp3) is 0. The van der Waals surface area contributed by atoms with Gasteiger partial charge in [0.15, 0.2) is 0 Å². The molecule has 0 aromatic rings. The van der Waals surface area contributed by atoms with E-state index in [9.17, 15) is 0 Å². The maximum Gasteiger partial charge on any atom is 4.00 e. The number of hydrogen-bond donors (Lipinski definition) is 0. The van der Waals surface area contributed by atoms with Crippen molar-refractivity contribution >= 4 is 7.82 Å². The quantitative estimate of drug-likeness (QED) is 0.303. The molecule has 4 nitrogen and oxygen atoms in total. The summed E-state index contributed by atoms with van der Waals surface area (Å²) in [4.78, 5) is 25.6. The maximum absolute atomic E-state index is 8.55. The fourth-order valence-electron chi connectivity index (χ4n) is 0. The van der Waals surface area contributed by atoms with Crippen molar-refractivity contribution in [2.24, 2.45) is 0 Å². The molecule has 0 aliphatic carbocycles. The Morgan fingerprint density at radius 3 is 1.14 bits per heavy atom. The van der Waals surface area contributed by atoms with Gasteiger partial charge in [-0.25, -0.2) is 0 Å². The first-order valence-corrected chi connectivity index (χ1v) is 2.19. The molecule has 7 heavy (non-hydrogen) atoms. The van der Waals surface area contributed by atoms with Crippen molar-refractivity contribution in [1.29, 1.82) is 0 Å². The van der Waals surface area contributed by atoms with E-state index in [2.05, 4.69) is 0 Å². The third-order valence-electron chi connectivity index (χ3n) is 0. The molecule has 0 aromatic heterocycles. The van der Waals surface area contributed by atoms with E-state index in [-0.39, 0.29) is 77.6 Å². The van der Waals surface area contributed by atoms with Crippen molar-refractivity contribution in [3.8, 4) is 0 Å². The zero-order valence-electron chi connectivity index (χ0n) is 3.58. The van der Waals surface area contributed by atoms with Gasteiger partial charge >= 0.3 is 77.6 Å². The molecule has 0 aromatic carbocycles. The van der Waals surface area contributed by atoms with E-state index in [0.717, 1.165) is 0 Å². The Balaban J connectivity index is -0.0000000800. The van der Waals surface area contributed by atoms with Crippen LogP contribution in [-0.4, -0.2) is 0 Å².